The Kier molecular flexibility index (Phi) is 4.62. The molecule has 1 aromatic rings. The lowest BCUT2D eigenvalue weighted by molar-refractivity contribution is -0.137. The number of carbonyl (C=O) groups excluding carboxylic acids is 2. The number of hydrogen-bond acceptors (Lipinski definition) is 3. The Hall–Kier alpha value is -2.31. The third-order valence-corrected chi connectivity index (χ3v) is 3.75. The molecule has 1 fully saturated rings. The van der Waals surface area contributed by atoms with Crippen molar-refractivity contribution >= 4 is 17.8 Å². The van der Waals surface area contributed by atoms with Gasteiger partial charge in [-0.3, -0.25) is 14.4 Å². The minimum absolute atomic E-state index is 0.0105. The number of carboxylic acid groups (broad SMARTS) is 1. The molecular weight excluding hydrogens is 274 g/mol. The number of likely N-dealkylation sites (tertiary alicyclic amines) is 1. The molecule has 1 aromatic heterocycles. The third-order valence-electron chi connectivity index (χ3n) is 3.75. The highest BCUT2D eigenvalue weighted by atomic mass is 16.4. The van der Waals surface area contributed by atoms with E-state index < -0.39 is 5.97 Å². The van der Waals surface area contributed by atoms with E-state index in [-0.39, 0.29) is 24.3 Å². The summed E-state index contributed by atoms with van der Waals surface area (Å²) in [5.41, 5.74) is 0.371. The van der Waals surface area contributed by atoms with Gasteiger partial charge in [0.05, 0.1) is 0 Å². The fourth-order valence-electron chi connectivity index (χ4n) is 2.60. The molecular formula is C14H19N3O4. The van der Waals surface area contributed by atoms with Crippen LogP contribution in [0.5, 0.6) is 0 Å². The van der Waals surface area contributed by atoms with E-state index in [0.717, 1.165) is 0 Å². The molecule has 0 spiro atoms. The molecule has 1 saturated heterocycles. The van der Waals surface area contributed by atoms with Crippen molar-refractivity contribution in [1.82, 2.24) is 14.8 Å². The van der Waals surface area contributed by atoms with Gasteiger partial charge in [-0.15, -0.1) is 0 Å². The summed E-state index contributed by atoms with van der Waals surface area (Å²) in [6, 6.07) is 3.28. The van der Waals surface area contributed by atoms with Crippen LogP contribution in [0.2, 0.25) is 0 Å². The quantitative estimate of drug-likeness (QED) is 0.828. The van der Waals surface area contributed by atoms with Crippen LogP contribution in [-0.2, 0) is 16.1 Å². The fraction of sp³-hybridized carbons (Fsp3) is 0.500. The van der Waals surface area contributed by atoms with Crippen LogP contribution in [0.15, 0.2) is 18.3 Å². The summed E-state index contributed by atoms with van der Waals surface area (Å²) < 4.78 is 1.43. The average molecular weight is 293 g/mol. The number of aliphatic carboxylic acids is 1. The van der Waals surface area contributed by atoms with Gasteiger partial charge in [-0.2, -0.15) is 0 Å². The Labute approximate surface area is 122 Å². The van der Waals surface area contributed by atoms with Crippen LogP contribution in [0, 0.1) is 5.92 Å². The highest BCUT2D eigenvalue weighted by Crippen LogP contribution is 2.19. The second-order valence-electron chi connectivity index (χ2n) is 5.10. The van der Waals surface area contributed by atoms with E-state index in [1.54, 1.807) is 30.3 Å². The average Bonchev–Trinajstić information content (AvgIpc) is 2.93. The first-order chi connectivity index (χ1) is 10.0. The van der Waals surface area contributed by atoms with Gasteiger partial charge in [-0.05, 0) is 25.0 Å². The summed E-state index contributed by atoms with van der Waals surface area (Å²) in [4.78, 5) is 36.4. The highest BCUT2D eigenvalue weighted by Gasteiger charge is 2.28. The van der Waals surface area contributed by atoms with Gasteiger partial charge in [0, 0.05) is 32.3 Å². The predicted molar refractivity (Wildman–Crippen MR) is 74.8 cm³/mol. The minimum atomic E-state index is -0.987. The van der Waals surface area contributed by atoms with Crippen molar-refractivity contribution in [2.45, 2.75) is 19.4 Å². The Balaban J connectivity index is 2.01. The summed E-state index contributed by atoms with van der Waals surface area (Å²) in [7, 11) is 1.61. The minimum Gasteiger partial charge on any atom is -0.480 e. The molecule has 0 aliphatic carbocycles. The molecule has 2 rings (SSSR count). The van der Waals surface area contributed by atoms with Crippen molar-refractivity contribution in [2.24, 2.45) is 5.92 Å². The molecule has 2 amide bonds. The Bertz CT molecular complexity index is 544. The molecule has 0 radical (unpaired) electrons. The van der Waals surface area contributed by atoms with Crippen LogP contribution >= 0.6 is 0 Å². The van der Waals surface area contributed by atoms with Crippen LogP contribution in [-0.4, -0.2) is 52.5 Å². The van der Waals surface area contributed by atoms with E-state index in [4.69, 9.17) is 5.11 Å². The number of nitrogens with zero attached hydrogens (tertiary/aromatic N) is 2. The normalized spacial score (nSPS) is 15.8. The van der Waals surface area contributed by atoms with E-state index in [0.29, 0.717) is 31.6 Å². The summed E-state index contributed by atoms with van der Waals surface area (Å²) in [5.74, 6) is -1.21. The number of carbonyl (C=O) groups is 3. The van der Waals surface area contributed by atoms with Crippen LogP contribution in [0.3, 0.4) is 0 Å². The predicted octanol–water partition coefficient (Wildman–Crippen LogP) is 0.171. The fourth-order valence-corrected chi connectivity index (χ4v) is 2.60. The maximum absolute atomic E-state index is 12.4. The first-order valence-electron chi connectivity index (χ1n) is 6.90. The first kappa shape index (κ1) is 15.1. The van der Waals surface area contributed by atoms with Crippen LogP contribution < -0.4 is 5.32 Å². The van der Waals surface area contributed by atoms with E-state index in [1.165, 1.54) is 4.57 Å². The molecule has 0 unspecified atom stereocenters. The summed E-state index contributed by atoms with van der Waals surface area (Å²) in [6.45, 7) is 0.785. The number of carboxylic acids is 1. The second-order valence-corrected chi connectivity index (χ2v) is 5.10. The zero-order chi connectivity index (χ0) is 15.4. The molecule has 0 atom stereocenters. The Morgan fingerprint density at radius 1 is 1.33 bits per heavy atom. The molecule has 0 aromatic carbocycles. The zero-order valence-corrected chi connectivity index (χ0v) is 11.9. The highest BCUT2D eigenvalue weighted by molar-refractivity contribution is 5.93. The maximum Gasteiger partial charge on any atom is 0.323 e. The standard InChI is InChI=1S/C14H19N3O4/c1-15-13(20)10-4-7-16(8-5-10)14(21)11-3-2-6-17(11)9-12(18)19/h2-3,6,10H,4-5,7-9H2,1H3,(H,15,20)(H,18,19). The van der Waals surface area contributed by atoms with Crippen molar-refractivity contribution in [1.29, 1.82) is 0 Å². The van der Waals surface area contributed by atoms with Crippen LogP contribution in [0.25, 0.3) is 0 Å². The number of piperidine rings is 1. The molecule has 0 bridgehead atoms. The van der Waals surface area contributed by atoms with Gasteiger partial charge in [-0.1, -0.05) is 0 Å². The molecule has 21 heavy (non-hydrogen) atoms. The second kappa shape index (κ2) is 6.43. The Morgan fingerprint density at radius 3 is 2.57 bits per heavy atom. The third kappa shape index (κ3) is 3.42. The molecule has 7 heteroatoms. The van der Waals surface area contributed by atoms with Gasteiger partial charge in [-0.25, -0.2) is 0 Å². The van der Waals surface area contributed by atoms with Crippen LogP contribution in [0.4, 0.5) is 0 Å². The van der Waals surface area contributed by atoms with Crippen molar-refractivity contribution in [3.8, 4) is 0 Å². The molecule has 2 N–H and O–H groups in total. The van der Waals surface area contributed by atoms with Crippen molar-refractivity contribution in [2.75, 3.05) is 20.1 Å². The van der Waals surface area contributed by atoms with Gasteiger partial charge in [0.15, 0.2) is 0 Å². The zero-order valence-electron chi connectivity index (χ0n) is 11.9. The van der Waals surface area contributed by atoms with Gasteiger partial charge in [0.2, 0.25) is 5.91 Å². The summed E-state index contributed by atoms with van der Waals surface area (Å²) in [6.07, 6.45) is 2.84. The molecule has 7 nitrogen and oxygen atoms in total. The smallest absolute Gasteiger partial charge is 0.323 e. The van der Waals surface area contributed by atoms with Gasteiger partial charge < -0.3 is 19.9 Å². The van der Waals surface area contributed by atoms with E-state index in [9.17, 15) is 14.4 Å². The lowest BCUT2D eigenvalue weighted by Crippen LogP contribution is -2.43. The summed E-state index contributed by atoms with van der Waals surface area (Å²) >= 11 is 0. The lowest BCUT2D eigenvalue weighted by atomic mass is 9.96. The molecule has 114 valence electrons. The number of hydrogen-bond donors (Lipinski definition) is 2. The van der Waals surface area contributed by atoms with Crippen molar-refractivity contribution in [3.63, 3.8) is 0 Å². The van der Waals surface area contributed by atoms with E-state index in [1.807, 2.05) is 0 Å². The topological polar surface area (TPSA) is 91.6 Å². The van der Waals surface area contributed by atoms with E-state index in [2.05, 4.69) is 5.32 Å². The number of aromatic nitrogens is 1. The largest absolute Gasteiger partial charge is 0.480 e. The summed E-state index contributed by atoms with van der Waals surface area (Å²) in [5, 5.41) is 11.5. The number of amides is 2. The lowest BCUT2D eigenvalue weighted by Gasteiger charge is -2.31. The SMILES string of the molecule is CNC(=O)C1CCN(C(=O)c2cccn2CC(=O)O)CC1. The maximum atomic E-state index is 12.4. The van der Waals surface area contributed by atoms with Crippen molar-refractivity contribution < 1.29 is 19.5 Å². The van der Waals surface area contributed by atoms with Gasteiger partial charge in [0.25, 0.3) is 5.91 Å². The van der Waals surface area contributed by atoms with Crippen LogP contribution in [0.1, 0.15) is 23.3 Å². The van der Waals surface area contributed by atoms with E-state index >= 15 is 0 Å². The van der Waals surface area contributed by atoms with Gasteiger partial charge in [0.1, 0.15) is 12.2 Å². The molecule has 0 saturated carbocycles. The molecule has 1 aliphatic heterocycles. The Morgan fingerprint density at radius 2 is 2.00 bits per heavy atom. The molecule has 1 aliphatic rings. The number of rotatable bonds is 4. The molecule has 2 heterocycles. The van der Waals surface area contributed by atoms with Gasteiger partial charge >= 0.3 is 5.97 Å². The first-order valence-corrected chi connectivity index (χ1v) is 6.90. The monoisotopic (exact) mass is 293 g/mol. The van der Waals surface area contributed by atoms with Crippen molar-refractivity contribution in [3.05, 3.63) is 24.0 Å². The number of nitrogens with one attached hydrogen (secondary N) is 1.